The molecule has 1 aromatic heterocycles. The molecule has 0 atom stereocenters. The highest BCUT2D eigenvalue weighted by Gasteiger charge is 2.36. The first-order valence-corrected chi connectivity index (χ1v) is 19.1. The molecule has 0 bridgehead atoms. The van der Waals surface area contributed by atoms with Crippen LogP contribution in [-0.4, -0.2) is 0 Å². The molecule has 1 aliphatic rings. The summed E-state index contributed by atoms with van der Waals surface area (Å²) in [6, 6.07) is 68.4. The minimum absolute atomic E-state index is 0.115. The van der Waals surface area contributed by atoms with E-state index in [0.717, 1.165) is 50.1 Å². The molecule has 0 fully saturated rings. The third kappa shape index (κ3) is 4.88. The lowest BCUT2D eigenvalue weighted by molar-refractivity contribution is 0.660. The zero-order valence-corrected chi connectivity index (χ0v) is 30.8. The van der Waals surface area contributed by atoms with E-state index in [4.69, 9.17) is 4.42 Å². The first-order valence-electron chi connectivity index (χ1n) is 19.1. The van der Waals surface area contributed by atoms with Crippen LogP contribution >= 0.6 is 0 Å². The Bertz CT molecular complexity index is 3110. The normalized spacial score (nSPS) is 13.1. The van der Waals surface area contributed by atoms with Crippen LogP contribution in [0.15, 0.2) is 192 Å². The fraction of sp³-hybridized carbons (Fsp3) is 0.0566. The maximum absolute atomic E-state index is 6.61. The molecule has 2 nitrogen and oxygen atoms in total. The third-order valence-electron chi connectivity index (χ3n) is 11.9. The molecule has 0 saturated carbocycles. The lowest BCUT2D eigenvalue weighted by Crippen LogP contribution is -2.16. The predicted molar refractivity (Wildman–Crippen MR) is 232 cm³/mol. The second kappa shape index (κ2) is 12.1. The Morgan fingerprint density at radius 2 is 1.05 bits per heavy atom. The van der Waals surface area contributed by atoms with Crippen LogP contribution in [0.1, 0.15) is 25.0 Å². The number of benzene rings is 9. The van der Waals surface area contributed by atoms with Crippen LogP contribution in [0.3, 0.4) is 0 Å². The van der Waals surface area contributed by atoms with Crippen LogP contribution in [0.2, 0.25) is 0 Å². The Labute approximate surface area is 320 Å². The number of hydrogen-bond acceptors (Lipinski definition) is 2. The average molecular weight is 704 g/mol. The predicted octanol–water partition coefficient (Wildman–Crippen LogP) is 15.0. The van der Waals surface area contributed by atoms with Gasteiger partial charge in [-0.15, -0.1) is 0 Å². The minimum Gasteiger partial charge on any atom is -0.455 e. The summed E-state index contributed by atoms with van der Waals surface area (Å²) in [4.78, 5) is 2.45. The van der Waals surface area contributed by atoms with E-state index in [-0.39, 0.29) is 5.41 Å². The summed E-state index contributed by atoms with van der Waals surface area (Å²) in [6.45, 7) is 4.71. The standard InChI is InChI=1S/C53H37NO/c1-53(2)48-22-11-10-18-43(48)44-29-28-39(33-49(44)53)54(50-32-37-15-6-7-16-40(37)42-17-8-9-19-45(42)50)38-26-23-35(24-27-38)41-20-12-21-46-47-31-36(34-13-4-3-5-14-34)25-30-51(47)55-52(41)46/h3-33H,1-2H3. The van der Waals surface area contributed by atoms with Gasteiger partial charge in [-0.05, 0) is 97.6 Å². The van der Waals surface area contributed by atoms with Crippen LogP contribution in [0.5, 0.6) is 0 Å². The van der Waals surface area contributed by atoms with Crippen molar-refractivity contribution in [3.05, 3.63) is 199 Å². The Morgan fingerprint density at radius 1 is 0.400 bits per heavy atom. The summed E-state index contributed by atoms with van der Waals surface area (Å²) < 4.78 is 6.61. The van der Waals surface area contributed by atoms with Crippen LogP contribution in [-0.2, 0) is 5.41 Å². The fourth-order valence-electron chi connectivity index (χ4n) is 9.10. The molecule has 11 rings (SSSR count). The molecule has 55 heavy (non-hydrogen) atoms. The Kier molecular flexibility index (Phi) is 6.93. The SMILES string of the molecule is CC1(C)c2ccccc2-c2ccc(N(c3ccc(-c4cccc5c4oc4ccc(-c6ccccc6)cc45)cc3)c3cc4ccccc4c4ccccc34)cc21. The average Bonchev–Trinajstić information content (AvgIpc) is 3.73. The fourth-order valence-corrected chi connectivity index (χ4v) is 9.10. The molecule has 0 N–H and O–H groups in total. The number of fused-ring (bicyclic) bond motifs is 9. The minimum atomic E-state index is -0.115. The van der Waals surface area contributed by atoms with E-state index in [0.29, 0.717) is 0 Å². The van der Waals surface area contributed by atoms with Gasteiger partial charge in [0.15, 0.2) is 0 Å². The van der Waals surface area contributed by atoms with Gasteiger partial charge in [0.25, 0.3) is 0 Å². The van der Waals surface area contributed by atoms with E-state index >= 15 is 0 Å². The molecule has 0 aliphatic heterocycles. The lowest BCUT2D eigenvalue weighted by atomic mass is 9.82. The van der Waals surface area contributed by atoms with Crippen molar-refractivity contribution in [2.75, 3.05) is 4.90 Å². The van der Waals surface area contributed by atoms with Crippen molar-refractivity contribution in [2.24, 2.45) is 0 Å². The zero-order valence-electron chi connectivity index (χ0n) is 30.8. The Morgan fingerprint density at radius 3 is 1.91 bits per heavy atom. The van der Waals surface area contributed by atoms with Gasteiger partial charge in [0, 0.05) is 38.5 Å². The van der Waals surface area contributed by atoms with Gasteiger partial charge in [-0.25, -0.2) is 0 Å². The summed E-state index contributed by atoms with van der Waals surface area (Å²) in [6.07, 6.45) is 0. The largest absolute Gasteiger partial charge is 0.455 e. The molecule has 0 saturated heterocycles. The molecule has 9 aromatic carbocycles. The van der Waals surface area contributed by atoms with E-state index < -0.39 is 0 Å². The smallest absolute Gasteiger partial charge is 0.143 e. The molecular weight excluding hydrogens is 667 g/mol. The number of hydrogen-bond donors (Lipinski definition) is 0. The van der Waals surface area contributed by atoms with Crippen LogP contribution in [0, 0.1) is 0 Å². The maximum atomic E-state index is 6.61. The summed E-state index contributed by atoms with van der Waals surface area (Å²) in [5, 5.41) is 7.20. The van der Waals surface area contributed by atoms with Crippen molar-refractivity contribution in [1.82, 2.24) is 0 Å². The molecule has 0 amide bonds. The maximum Gasteiger partial charge on any atom is 0.143 e. The van der Waals surface area contributed by atoms with Crippen molar-refractivity contribution >= 4 is 60.5 Å². The van der Waals surface area contributed by atoms with Gasteiger partial charge < -0.3 is 9.32 Å². The van der Waals surface area contributed by atoms with Gasteiger partial charge in [0.2, 0.25) is 0 Å². The highest BCUT2D eigenvalue weighted by molar-refractivity contribution is 6.15. The number of anilines is 3. The van der Waals surface area contributed by atoms with Gasteiger partial charge in [-0.2, -0.15) is 0 Å². The van der Waals surface area contributed by atoms with Gasteiger partial charge >= 0.3 is 0 Å². The Balaban J connectivity index is 1.08. The van der Waals surface area contributed by atoms with E-state index in [9.17, 15) is 0 Å². The molecule has 0 radical (unpaired) electrons. The molecule has 0 unspecified atom stereocenters. The summed E-state index contributed by atoms with van der Waals surface area (Å²) >= 11 is 0. The molecule has 2 heteroatoms. The lowest BCUT2D eigenvalue weighted by Gasteiger charge is -2.29. The van der Waals surface area contributed by atoms with E-state index in [1.165, 1.54) is 54.9 Å². The van der Waals surface area contributed by atoms with E-state index in [2.05, 4.69) is 207 Å². The van der Waals surface area contributed by atoms with Gasteiger partial charge in [0.05, 0.1) is 5.69 Å². The number of furan rings is 1. The van der Waals surface area contributed by atoms with Crippen molar-refractivity contribution in [2.45, 2.75) is 19.3 Å². The molecule has 0 spiro atoms. The van der Waals surface area contributed by atoms with E-state index in [1.807, 2.05) is 0 Å². The van der Waals surface area contributed by atoms with E-state index in [1.54, 1.807) is 0 Å². The summed E-state index contributed by atoms with van der Waals surface area (Å²) in [5.41, 5.74) is 15.1. The van der Waals surface area contributed by atoms with Crippen molar-refractivity contribution in [3.8, 4) is 33.4 Å². The van der Waals surface area contributed by atoms with Crippen molar-refractivity contribution in [1.29, 1.82) is 0 Å². The molecule has 1 aliphatic carbocycles. The van der Waals surface area contributed by atoms with Gasteiger partial charge in [0.1, 0.15) is 11.2 Å². The first-order chi connectivity index (χ1) is 27.0. The van der Waals surface area contributed by atoms with Crippen LogP contribution < -0.4 is 4.90 Å². The van der Waals surface area contributed by atoms with Gasteiger partial charge in [-0.1, -0.05) is 159 Å². The van der Waals surface area contributed by atoms with Crippen molar-refractivity contribution < 1.29 is 4.42 Å². The molecular formula is C53H37NO. The highest BCUT2D eigenvalue weighted by atomic mass is 16.3. The topological polar surface area (TPSA) is 16.4 Å². The van der Waals surface area contributed by atoms with Gasteiger partial charge in [-0.3, -0.25) is 0 Å². The molecule has 260 valence electrons. The van der Waals surface area contributed by atoms with Crippen LogP contribution in [0.25, 0.3) is 76.9 Å². The zero-order chi connectivity index (χ0) is 36.7. The molecule has 1 heterocycles. The second-order valence-corrected chi connectivity index (χ2v) is 15.3. The number of para-hydroxylation sites is 1. The highest BCUT2D eigenvalue weighted by Crippen LogP contribution is 2.51. The number of nitrogens with zero attached hydrogens (tertiary/aromatic N) is 1. The Hall–Kier alpha value is -6.90. The number of rotatable bonds is 5. The monoisotopic (exact) mass is 703 g/mol. The quantitative estimate of drug-likeness (QED) is 0.166. The summed E-state index contributed by atoms with van der Waals surface area (Å²) in [7, 11) is 0. The first kappa shape index (κ1) is 31.6. The third-order valence-corrected chi connectivity index (χ3v) is 11.9. The van der Waals surface area contributed by atoms with Crippen LogP contribution in [0.4, 0.5) is 17.1 Å². The van der Waals surface area contributed by atoms with Crippen molar-refractivity contribution in [3.63, 3.8) is 0 Å². The summed E-state index contributed by atoms with van der Waals surface area (Å²) in [5.74, 6) is 0. The second-order valence-electron chi connectivity index (χ2n) is 15.3. The molecule has 10 aromatic rings.